The van der Waals surface area contributed by atoms with Gasteiger partial charge in [-0.15, -0.1) is 0 Å². The summed E-state index contributed by atoms with van der Waals surface area (Å²) >= 11 is 5.88. The van der Waals surface area contributed by atoms with E-state index in [1.807, 2.05) is 6.92 Å². The molecule has 0 saturated carbocycles. The van der Waals surface area contributed by atoms with Crippen LogP contribution in [-0.2, 0) is 13.0 Å². The maximum atomic E-state index is 12.6. The molecule has 0 bridgehead atoms. The van der Waals surface area contributed by atoms with Crippen molar-refractivity contribution in [3.8, 4) is 16.9 Å². The van der Waals surface area contributed by atoms with Crippen molar-refractivity contribution in [2.24, 2.45) is 0 Å². The highest BCUT2D eigenvalue weighted by Gasteiger charge is 2.29. The topological polar surface area (TPSA) is 77.2 Å². The highest BCUT2D eigenvalue weighted by atomic mass is 35.5. The summed E-state index contributed by atoms with van der Waals surface area (Å²) in [5.41, 5.74) is 1.57. The zero-order valence-electron chi connectivity index (χ0n) is 15.8. The van der Waals surface area contributed by atoms with Crippen LogP contribution in [0.1, 0.15) is 28.9 Å². The summed E-state index contributed by atoms with van der Waals surface area (Å²) in [4.78, 5) is 16.4. The number of pyridine rings is 1. The van der Waals surface area contributed by atoms with Crippen molar-refractivity contribution in [2.75, 3.05) is 6.61 Å². The van der Waals surface area contributed by atoms with Crippen LogP contribution in [0.4, 0.5) is 13.2 Å². The molecule has 0 fully saturated rings. The molecule has 0 aliphatic heterocycles. The number of rotatable bonds is 7. The Morgan fingerprint density at radius 1 is 1.23 bits per heavy atom. The van der Waals surface area contributed by atoms with Gasteiger partial charge in [0.15, 0.2) is 12.4 Å². The molecule has 158 valence electrons. The van der Waals surface area contributed by atoms with Crippen molar-refractivity contribution < 1.29 is 27.2 Å². The lowest BCUT2D eigenvalue weighted by Crippen LogP contribution is -2.24. The molecule has 10 heteroatoms. The maximum Gasteiger partial charge on any atom is 0.422 e. The molecule has 2 heterocycles. The average molecular weight is 440 g/mol. The number of hydrogen-bond acceptors (Lipinski definition) is 5. The number of amides is 1. The van der Waals surface area contributed by atoms with Gasteiger partial charge in [0.1, 0.15) is 11.4 Å². The lowest BCUT2D eigenvalue weighted by Gasteiger charge is -2.14. The second kappa shape index (κ2) is 9.17. The van der Waals surface area contributed by atoms with Gasteiger partial charge in [-0.25, -0.2) is 4.98 Å². The molecule has 2 aromatic heterocycles. The monoisotopic (exact) mass is 439 g/mol. The quantitative estimate of drug-likeness (QED) is 0.571. The third-order valence-electron chi connectivity index (χ3n) is 4.04. The number of carbonyl (C=O) groups excluding carboxylic acids is 1. The Morgan fingerprint density at radius 2 is 1.97 bits per heavy atom. The molecule has 0 spiro atoms. The smallest absolute Gasteiger partial charge is 0.422 e. The predicted octanol–water partition coefficient (Wildman–Crippen LogP) is 4.82. The minimum Gasteiger partial charge on any atom is -0.482 e. The molecule has 0 atom stereocenters. The molecule has 0 aliphatic carbocycles. The number of halogens is 4. The SMILES string of the molecule is CCc1cc(CNC(=O)c2cc(-c3ccc(Cl)cc3)c(OCC(F)(F)F)cn2)on1. The number of aromatic nitrogens is 2. The van der Waals surface area contributed by atoms with Crippen molar-refractivity contribution in [2.45, 2.75) is 26.1 Å². The molecule has 3 rings (SSSR count). The Morgan fingerprint density at radius 3 is 2.60 bits per heavy atom. The molecule has 0 radical (unpaired) electrons. The summed E-state index contributed by atoms with van der Waals surface area (Å²) in [6, 6.07) is 9.48. The summed E-state index contributed by atoms with van der Waals surface area (Å²) in [5, 5.41) is 6.94. The average Bonchev–Trinajstić information content (AvgIpc) is 3.18. The summed E-state index contributed by atoms with van der Waals surface area (Å²) in [7, 11) is 0. The molecule has 0 saturated heterocycles. The zero-order valence-corrected chi connectivity index (χ0v) is 16.5. The standard InChI is InChI=1S/C20H17ClF3N3O3/c1-2-14-7-15(30-27-14)9-26-19(28)17-8-16(12-3-5-13(21)6-4-12)18(10-25-17)29-11-20(22,23)24/h3-8,10H,2,9,11H2,1H3,(H,26,28). The van der Waals surface area contributed by atoms with Crippen LogP contribution in [0.3, 0.4) is 0 Å². The van der Waals surface area contributed by atoms with Crippen LogP contribution in [0.15, 0.2) is 47.1 Å². The van der Waals surface area contributed by atoms with Crippen LogP contribution in [0, 0.1) is 0 Å². The van der Waals surface area contributed by atoms with Gasteiger partial charge in [-0.3, -0.25) is 4.79 Å². The maximum absolute atomic E-state index is 12.6. The molecule has 30 heavy (non-hydrogen) atoms. The van der Waals surface area contributed by atoms with Crippen molar-refractivity contribution in [3.05, 3.63) is 64.8 Å². The Hall–Kier alpha value is -3.07. The van der Waals surface area contributed by atoms with Gasteiger partial charge in [0.25, 0.3) is 5.91 Å². The fourth-order valence-corrected chi connectivity index (χ4v) is 2.69. The van der Waals surface area contributed by atoms with Crippen LogP contribution in [-0.4, -0.2) is 28.8 Å². The van der Waals surface area contributed by atoms with Crippen molar-refractivity contribution in [1.29, 1.82) is 0 Å². The summed E-state index contributed by atoms with van der Waals surface area (Å²) in [5.74, 6) is -0.153. The lowest BCUT2D eigenvalue weighted by atomic mass is 10.0. The van der Waals surface area contributed by atoms with E-state index < -0.39 is 18.7 Å². The summed E-state index contributed by atoms with van der Waals surface area (Å²) in [6.45, 7) is 0.535. The third-order valence-corrected chi connectivity index (χ3v) is 4.29. The van der Waals surface area contributed by atoms with Gasteiger partial charge in [-0.05, 0) is 30.2 Å². The molecule has 1 N–H and O–H groups in total. The number of benzene rings is 1. The van der Waals surface area contributed by atoms with Crippen LogP contribution in [0.25, 0.3) is 11.1 Å². The van der Waals surface area contributed by atoms with E-state index in [4.69, 9.17) is 20.9 Å². The van der Waals surface area contributed by atoms with Crippen LogP contribution >= 0.6 is 11.6 Å². The van der Waals surface area contributed by atoms with Crippen LogP contribution in [0.5, 0.6) is 5.75 Å². The fraction of sp³-hybridized carbons (Fsp3) is 0.250. The zero-order chi connectivity index (χ0) is 21.7. The highest BCUT2D eigenvalue weighted by Crippen LogP contribution is 2.32. The first-order valence-electron chi connectivity index (χ1n) is 8.93. The molecule has 0 unspecified atom stereocenters. The summed E-state index contributed by atoms with van der Waals surface area (Å²) in [6.07, 6.45) is -2.72. The van der Waals surface area contributed by atoms with E-state index >= 15 is 0 Å². The molecule has 0 aliphatic rings. The van der Waals surface area contributed by atoms with E-state index in [9.17, 15) is 18.0 Å². The van der Waals surface area contributed by atoms with Gasteiger partial charge < -0.3 is 14.6 Å². The van der Waals surface area contributed by atoms with Gasteiger partial charge in [0.2, 0.25) is 0 Å². The number of alkyl halides is 3. The molecular formula is C20H17ClF3N3O3. The number of aryl methyl sites for hydroxylation is 1. The van der Waals surface area contributed by atoms with E-state index in [0.717, 1.165) is 11.9 Å². The minimum absolute atomic E-state index is 0.00883. The van der Waals surface area contributed by atoms with E-state index in [1.165, 1.54) is 6.07 Å². The Kier molecular flexibility index (Phi) is 6.61. The van der Waals surface area contributed by atoms with E-state index in [1.54, 1.807) is 30.3 Å². The number of carbonyl (C=O) groups is 1. The number of ether oxygens (including phenoxy) is 1. The van der Waals surface area contributed by atoms with E-state index in [2.05, 4.69) is 15.5 Å². The van der Waals surface area contributed by atoms with Crippen molar-refractivity contribution in [1.82, 2.24) is 15.5 Å². The van der Waals surface area contributed by atoms with E-state index in [-0.39, 0.29) is 23.6 Å². The van der Waals surface area contributed by atoms with Gasteiger partial charge in [-0.2, -0.15) is 13.2 Å². The first-order valence-corrected chi connectivity index (χ1v) is 9.31. The predicted molar refractivity (Wildman–Crippen MR) is 103 cm³/mol. The fourth-order valence-electron chi connectivity index (χ4n) is 2.56. The Balaban J connectivity index is 1.83. The van der Waals surface area contributed by atoms with Gasteiger partial charge in [0.05, 0.1) is 18.4 Å². The second-order valence-electron chi connectivity index (χ2n) is 6.30. The molecule has 6 nitrogen and oxygen atoms in total. The van der Waals surface area contributed by atoms with Gasteiger partial charge in [-0.1, -0.05) is 35.8 Å². The van der Waals surface area contributed by atoms with Crippen LogP contribution < -0.4 is 10.1 Å². The summed E-state index contributed by atoms with van der Waals surface area (Å²) < 4.78 is 47.7. The first-order chi connectivity index (χ1) is 14.2. The number of nitrogens with one attached hydrogen (secondary N) is 1. The third kappa shape index (κ3) is 5.73. The second-order valence-corrected chi connectivity index (χ2v) is 6.73. The lowest BCUT2D eigenvalue weighted by molar-refractivity contribution is -0.153. The van der Waals surface area contributed by atoms with Gasteiger partial charge >= 0.3 is 6.18 Å². The molecule has 3 aromatic rings. The molecular weight excluding hydrogens is 423 g/mol. The Labute approximate surface area is 175 Å². The number of hydrogen-bond donors (Lipinski definition) is 1. The number of nitrogens with zero attached hydrogens (tertiary/aromatic N) is 2. The minimum atomic E-state index is -4.51. The van der Waals surface area contributed by atoms with E-state index in [0.29, 0.717) is 22.8 Å². The highest BCUT2D eigenvalue weighted by molar-refractivity contribution is 6.30. The molecule has 1 aromatic carbocycles. The normalized spacial score (nSPS) is 11.4. The Bertz CT molecular complexity index is 1020. The molecule has 1 amide bonds. The van der Waals surface area contributed by atoms with Crippen LogP contribution in [0.2, 0.25) is 5.02 Å². The van der Waals surface area contributed by atoms with Gasteiger partial charge in [0, 0.05) is 16.7 Å². The van der Waals surface area contributed by atoms with Crippen molar-refractivity contribution >= 4 is 17.5 Å². The largest absolute Gasteiger partial charge is 0.482 e. The van der Waals surface area contributed by atoms with Crippen molar-refractivity contribution in [3.63, 3.8) is 0 Å². The first kappa shape index (κ1) is 21.6.